The first kappa shape index (κ1) is 12.7. The van der Waals surface area contributed by atoms with Crippen LogP contribution in [0.2, 0.25) is 0 Å². The summed E-state index contributed by atoms with van der Waals surface area (Å²) >= 11 is 0. The monoisotopic (exact) mass is 298 g/mol. The van der Waals surface area contributed by atoms with Gasteiger partial charge in [0.2, 0.25) is 0 Å². The molecule has 0 amide bonds. The summed E-state index contributed by atoms with van der Waals surface area (Å²) < 4.78 is 88.5. The zero-order valence-electron chi connectivity index (χ0n) is 9.70. The lowest BCUT2D eigenvalue weighted by molar-refractivity contribution is -0.121. The fourth-order valence-electron chi connectivity index (χ4n) is 3.91. The number of hydrogen-bond donors (Lipinski definition) is 0. The smallest absolute Gasteiger partial charge is 0.366 e. The maximum absolute atomic E-state index is 13.0. The van der Waals surface area contributed by atoms with Crippen molar-refractivity contribution in [1.29, 1.82) is 0 Å². The Kier molecular flexibility index (Phi) is 2.17. The van der Waals surface area contributed by atoms with Crippen molar-refractivity contribution in [2.24, 2.45) is 11.8 Å². The van der Waals surface area contributed by atoms with E-state index in [1.807, 2.05) is 0 Å². The molecule has 110 valence electrons. The van der Waals surface area contributed by atoms with Crippen LogP contribution in [0.4, 0.5) is 26.3 Å². The molecule has 2 fully saturated rings. The summed E-state index contributed by atoms with van der Waals surface area (Å²) in [4.78, 5) is 0. The van der Waals surface area contributed by atoms with Crippen LogP contribution in [0.3, 0.4) is 0 Å². The van der Waals surface area contributed by atoms with Crippen LogP contribution in [-0.2, 0) is 9.47 Å². The van der Waals surface area contributed by atoms with Crippen LogP contribution < -0.4 is 0 Å². The van der Waals surface area contributed by atoms with E-state index in [1.54, 1.807) is 12.2 Å². The minimum Gasteiger partial charge on any atom is -0.366 e. The molecule has 0 aliphatic carbocycles. The summed E-state index contributed by atoms with van der Waals surface area (Å²) in [6, 6.07) is 0. The molecular formula is C12H8F6O2. The molecule has 8 heteroatoms. The van der Waals surface area contributed by atoms with Gasteiger partial charge in [-0.25, -0.2) is 0 Å². The Morgan fingerprint density at radius 3 is 1.45 bits per heavy atom. The largest absolute Gasteiger partial charge is 0.415 e. The number of ether oxygens (including phenoxy) is 2. The normalized spacial score (nSPS) is 45.7. The van der Waals surface area contributed by atoms with Crippen molar-refractivity contribution in [3.63, 3.8) is 0 Å². The average Bonchev–Trinajstić information content (AvgIpc) is 3.03. The van der Waals surface area contributed by atoms with E-state index in [9.17, 15) is 26.3 Å². The summed E-state index contributed by atoms with van der Waals surface area (Å²) in [5.74, 6) is -1.34. The first-order valence-electron chi connectivity index (χ1n) is 6.07. The maximum Gasteiger partial charge on any atom is 0.415 e. The van der Waals surface area contributed by atoms with Crippen molar-refractivity contribution in [1.82, 2.24) is 0 Å². The number of hydrogen-bond acceptors (Lipinski definition) is 2. The van der Waals surface area contributed by atoms with E-state index in [4.69, 9.17) is 9.47 Å². The first-order chi connectivity index (χ1) is 9.19. The molecular weight excluding hydrogens is 290 g/mol. The third-order valence-corrected chi connectivity index (χ3v) is 4.47. The van der Waals surface area contributed by atoms with Crippen LogP contribution in [0.1, 0.15) is 0 Å². The van der Waals surface area contributed by atoms with Gasteiger partial charge >= 0.3 is 12.4 Å². The van der Waals surface area contributed by atoms with Gasteiger partial charge in [-0.2, -0.15) is 26.3 Å². The van der Waals surface area contributed by atoms with Crippen LogP contribution in [0, 0.1) is 11.8 Å². The molecule has 4 aliphatic rings. The Morgan fingerprint density at radius 2 is 1.10 bits per heavy atom. The van der Waals surface area contributed by atoms with Crippen molar-refractivity contribution in [3.05, 3.63) is 23.3 Å². The van der Waals surface area contributed by atoms with Crippen LogP contribution in [0.25, 0.3) is 0 Å². The summed E-state index contributed by atoms with van der Waals surface area (Å²) in [6.45, 7) is 0. The third kappa shape index (κ3) is 1.38. The molecule has 4 bridgehead atoms. The minimum atomic E-state index is -5.04. The van der Waals surface area contributed by atoms with Gasteiger partial charge in [0.1, 0.15) is 0 Å². The molecule has 4 heterocycles. The Hall–Kier alpha value is -1.02. The molecule has 0 unspecified atom stereocenters. The Morgan fingerprint density at radius 1 is 0.700 bits per heavy atom. The van der Waals surface area contributed by atoms with Crippen molar-refractivity contribution in [2.45, 2.75) is 36.8 Å². The predicted octanol–water partition coefficient (Wildman–Crippen LogP) is 2.76. The van der Waals surface area contributed by atoms with E-state index in [0.29, 0.717) is 0 Å². The van der Waals surface area contributed by atoms with Gasteiger partial charge in [0, 0.05) is 11.8 Å². The first-order valence-corrected chi connectivity index (χ1v) is 6.07. The molecule has 0 saturated carbocycles. The topological polar surface area (TPSA) is 18.5 Å². The second kappa shape index (κ2) is 3.41. The van der Waals surface area contributed by atoms with Gasteiger partial charge in [-0.3, -0.25) is 0 Å². The molecule has 0 radical (unpaired) electrons. The van der Waals surface area contributed by atoms with Gasteiger partial charge in [-0.1, -0.05) is 12.2 Å². The van der Waals surface area contributed by atoms with Gasteiger partial charge in [-0.15, -0.1) is 0 Å². The van der Waals surface area contributed by atoms with Crippen molar-refractivity contribution < 1.29 is 35.8 Å². The standard InChI is InChI=1S/C12H8F6O2/c13-11(14,15)7-8(12(16,17)18)10-6-4-2-1-3(19-4)5(6)9(7)20-10/h1-6,9-10H/t3-,4+,5+,6-,9+,10-. The third-order valence-electron chi connectivity index (χ3n) is 4.47. The van der Waals surface area contributed by atoms with Crippen molar-refractivity contribution in [2.75, 3.05) is 0 Å². The highest BCUT2D eigenvalue weighted by Gasteiger charge is 2.70. The second-order valence-electron chi connectivity index (χ2n) is 5.41. The molecule has 0 aromatic rings. The number of halogens is 6. The Bertz CT molecular complexity index is 487. The van der Waals surface area contributed by atoms with Gasteiger partial charge in [0.15, 0.2) is 0 Å². The van der Waals surface area contributed by atoms with Gasteiger partial charge in [-0.05, 0) is 0 Å². The lowest BCUT2D eigenvalue weighted by Gasteiger charge is -2.31. The molecule has 6 atom stereocenters. The molecule has 0 N–H and O–H groups in total. The SMILES string of the molecule is FC(F)(F)C1=C(C(F)(F)F)[C@@H]2O[C@H]1[C@@H]1[C@H]2[C@@H]2C=C[C@H]1O2. The quantitative estimate of drug-likeness (QED) is 0.506. The van der Waals surface area contributed by atoms with E-state index in [0.717, 1.165) is 0 Å². The highest BCUT2D eigenvalue weighted by atomic mass is 19.4. The van der Waals surface area contributed by atoms with Gasteiger partial charge < -0.3 is 9.47 Å². The van der Waals surface area contributed by atoms with Crippen molar-refractivity contribution in [3.8, 4) is 0 Å². The lowest BCUT2D eigenvalue weighted by atomic mass is 9.70. The Labute approximate surface area is 109 Å². The fraction of sp³-hybridized carbons (Fsp3) is 0.667. The summed E-state index contributed by atoms with van der Waals surface area (Å²) in [5, 5.41) is 0. The van der Waals surface area contributed by atoms with E-state index in [1.165, 1.54) is 0 Å². The molecule has 20 heavy (non-hydrogen) atoms. The predicted molar refractivity (Wildman–Crippen MR) is 52.6 cm³/mol. The van der Waals surface area contributed by atoms with Crippen LogP contribution in [0.5, 0.6) is 0 Å². The molecule has 2 saturated heterocycles. The highest BCUT2D eigenvalue weighted by molar-refractivity contribution is 5.43. The number of fused-ring (bicyclic) bond motifs is 9. The number of rotatable bonds is 0. The van der Waals surface area contributed by atoms with E-state index in [-0.39, 0.29) is 0 Å². The Balaban J connectivity index is 1.85. The zero-order valence-corrected chi connectivity index (χ0v) is 9.70. The summed E-state index contributed by atoms with van der Waals surface area (Å²) in [7, 11) is 0. The van der Waals surface area contributed by atoms with Crippen LogP contribution in [-0.4, -0.2) is 36.8 Å². The van der Waals surface area contributed by atoms with E-state index in [2.05, 4.69) is 0 Å². The lowest BCUT2D eigenvalue weighted by Crippen LogP contribution is -2.42. The maximum atomic E-state index is 13.0. The second-order valence-corrected chi connectivity index (χ2v) is 5.41. The van der Waals surface area contributed by atoms with Gasteiger partial charge in [0.05, 0.1) is 35.6 Å². The van der Waals surface area contributed by atoms with Crippen LogP contribution in [0.15, 0.2) is 23.3 Å². The van der Waals surface area contributed by atoms with E-state index >= 15 is 0 Å². The summed E-state index contributed by atoms with van der Waals surface area (Å²) in [6.07, 6.45) is -11.2. The zero-order chi connectivity index (χ0) is 14.4. The molecule has 0 aromatic heterocycles. The number of alkyl halides is 6. The molecule has 0 spiro atoms. The van der Waals surface area contributed by atoms with Crippen LogP contribution >= 0.6 is 0 Å². The fourth-order valence-corrected chi connectivity index (χ4v) is 3.91. The average molecular weight is 298 g/mol. The van der Waals surface area contributed by atoms with E-state index < -0.39 is 59.8 Å². The highest BCUT2D eigenvalue weighted by Crippen LogP contribution is 2.61. The molecule has 2 nitrogen and oxygen atoms in total. The van der Waals surface area contributed by atoms with Gasteiger partial charge in [0.25, 0.3) is 0 Å². The molecule has 4 aliphatic heterocycles. The summed E-state index contributed by atoms with van der Waals surface area (Å²) in [5.41, 5.74) is -3.14. The van der Waals surface area contributed by atoms with Crippen molar-refractivity contribution >= 4 is 0 Å². The molecule has 0 aromatic carbocycles. The molecule has 4 rings (SSSR count). The minimum absolute atomic E-state index is 0.577.